The maximum Gasteiger partial charge on any atom is 0.309 e. The lowest BCUT2D eigenvalue weighted by atomic mass is 9.88. The number of carbonyl (C=O) groups excluding carboxylic acids is 2. The number of ether oxygens (including phenoxy) is 2. The second kappa shape index (κ2) is 13.7. The Kier molecular flexibility index (Phi) is 11.3. The fourth-order valence-electron chi connectivity index (χ4n) is 4.28. The fourth-order valence-corrected chi connectivity index (χ4v) is 4.28. The maximum atomic E-state index is 12.6. The lowest BCUT2D eigenvalue weighted by Gasteiger charge is -2.32. The number of esters is 2. The van der Waals surface area contributed by atoms with Gasteiger partial charge in [0.25, 0.3) is 0 Å². The average molecular weight is 531 g/mol. The summed E-state index contributed by atoms with van der Waals surface area (Å²) in [4.78, 5) is 24.2. The van der Waals surface area contributed by atoms with E-state index in [-0.39, 0.29) is 30.9 Å². The second-order valence-electron chi connectivity index (χ2n) is 10.7. The highest BCUT2D eigenvalue weighted by molar-refractivity contribution is 5.70. The summed E-state index contributed by atoms with van der Waals surface area (Å²) in [7, 11) is 0. The Bertz CT molecular complexity index is 1020. The summed E-state index contributed by atoms with van der Waals surface area (Å²) in [6, 6.07) is 6.85. The summed E-state index contributed by atoms with van der Waals surface area (Å²) in [5.74, 6) is -1.25. The lowest BCUT2D eigenvalue weighted by Crippen LogP contribution is -2.42. The van der Waals surface area contributed by atoms with Crippen LogP contribution >= 0.6 is 0 Å². The van der Waals surface area contributed by atoms with E-state index < -0.39 is 41.5 Å². The highest BCUT2D eigenvalue weighted by Crippen LogP contribution is 2.27. The van der Waals surface area contributed by atoms with Gasteiger partial charge in [0.15, 0.2) is 0 Å². The van der Waals surface area contributed by atoms with Gasteiger partial charge in [-0.1, -0.05) is 43.4 Å². The average Bonchev–Trinajstić information content (AvgIpc) is 2.82. The van der Waals surface area contributed by atoms with Crippen LogP contribution in [0.25, 0.3) is 0 Å². The van der Waals surface area contributed by atoms with Crippen LogP contribution in [0.1, 0.15) is 65.9 Å². The molecule has 0 bridgehead atoms. The van der Waals surface area contributed by atoms with Crippen LogP contribution in [-0.2, 0) is 25.5 Å². The van der Waals surface area contributed by atoms with Crippen LogP contribution in [0.3, 0.4) is 0 Å². The molecule has 0 amide bonds. The number of cyclic esters (lactones) is 1. The van der Waals surface area contributed by atoms with Gasteiger partial charge in [0.1, 0.15) is 23.6 Å². The molecule has 38 heavy (non-hydrogen) atoms. The van der Waals surface area contributed by atoms with Gasteiger partial charge in [-0.05, 0) is 75.8 Å². The first kappa shape index (κ1) is 31.3. The van der Waals surface area contributed by atoms with Crippen molar-refractivity contribution in [1.29, 1.82) is 0 Å². The predicted octanol–water partition coefficient (Wildman–Crippen LogP) is 3.91. The van der Waals surface area contributed by atoms with E-state index in [9.17, 15) is 30.0 Å². The van der Waals surface area contributed by atoms with E-state index in [2.05, 4.69) is 0 Å². The number of rotatable bonds is 7. The highest BCUT2D eigenvalue weighted by Gasteiger charge is 2.35. The smallest absolute Gasteiger partial charge is 0.309 e. The van der Waals surface area contributed by atoms with Crippen LogP contribution in [0.15, 0.2) is 60.2 Å². The molecule has 0 fully saturated rings. The van der Waals surface area contributed by atoms with Gasteiger partial charge >= 0.3 is 11.9 Å². The molecule has 0 saturated carbocycles. The number of allylic oxidation sites excluding steroid dienone is 2. The summed E-state index contributed by atoms with van der Waals surface area (Å²) in [5.41, 5.74) is -0.808. The topological polar surface area (TPSA) is 134 Å². The van der Waals surface area contributed by atoms with Gasteiger partial charge in [0.2, 0.25) is 0 Å². The van der Waals surface area contributed by atoms with Crippen LogP contribution in [0, 0.1) is 5.92 Å². The molecule has 1 aromatic rings. The summed E-state index contributed by atoms with van der Waals surface area (Å²) in [5, 5.41) is 41.5. The molecule has 1 aromatic carbocycles. The quantitative estimate of drug-likeness (QED) is 0.237. The Balaban J connectivity index is 2.21. The molecule has 0 aliphatic carbocycles. The molecule has 0 saturated heterocycles. The molecule has 2 rings (SSSR count). The molecule has 0 aromatic heterocycles. The Labute approximate surface area is 225 Å². The van der Waals surface area contributed by atoms with Gasteiger partial charge in [-0.25, -0.2) is 0 Å². The highest BCUT2D eigenvalue weighted by atomic mass is 16.6. The minimum absolute atomic E-state index is 0.123. The molecule has 1 aliphatic rings. The molecule has 0 radical (unpaired) electrons. The molecule has 1 aliphatic heterocycles. The van der Waals surface area contributed by atoms with Crippen molar-refractivity contribution in [1.82, 2.24) is 0 Å². The van der Waals surface area contributed by atoms with Gasteiger partial charge in [-0.15, -0.1) is 0 Å². The van der Waals surface area contributed by atoms with Crippen LogP contribution in [-0.4, -0.2) is 61.9 Å². The van der Waals surface area contributed by atoms with E-state index in [4.69, 9.17) is 9.47 Å². The second-order valence-corrected chi connectivity index (χ2v) is 10.7. The number of benzene rings is 1. The summed E-state index contributed by atoms with van der Waals surface area (Å²) < 4.78 is 11.1. The largest absolute Gasteiger partial charge is 0.508 e. The van der Waals surface area contributed by atoms with Crippen molar-refractivity contribution < 1.29 is 39.5 Å². The third-order valence-electron chi connectivity index (χ3n) is 6.74. The van der Waals surface area contributed by atoms with Gasteiger partial charge in [-0.3, -0.25) is 9.59 Å². The number of carbonyl (C=O) groups is 2. The van der Waals surface area contributed by atoms with Crippen molar-refractivity contribution in [3.63, 3.8) is 0 Å². The van der Waals surface area contributed by atoms with Crippen molar-refractivity contribution in [3.05, 3.63) is 65.8 Å². The van der Waals surface area contributed by atoms with E-state index in [1.807, 2.05) is 19.1 Å². The van der Waals surface area contributed by atoms with Crippen molar-refractivity contribution in [2.75, 3.05) is 0 Å². The standard InChI is InChI=1S/C30H42O8/c1-20(7-6-16-29(4,35)17-14-23-9-11-24(32)12-10-23)28-21(2)8-13-26(37-22(3)31)30(5,36)18-15-25(33)19-27(34)38-28/h6-13,16,21,25-26,28,32-33,35-36H,14-15,17-19H2,1-5H3/b13-8-,16-6+,20-7+/t21-,25+,26+,28+,29?,30+/m0/s1. The van der Waals surface area contributed by atoms with Gasteiger partial charge in [0, 0.05) is 12.8 Å². The summed E-state index contributed by atoms with van der Waals surface area (Å²) >= 11 is 0. The lowest BCUT2D eigenvalue weighted by molar-refractivity contribution is -0.157. The van der Waals surface area contributed by atoms with Crippen LogP contribution in [0.2, 0.25) is 0 Å². The third-order valence-corrected chi connectivity index (χ3v) is 6.74. The number of aliphatic hydroxyl groups excluding tert-OH is 1. The first-order valence-corrected chi connectivity index (χ1v) is 13.0. The zero-order chi connectivity index (χ0) is 28.5. The molecular weight excluding hydrogens is 488 g/mol. The Morgan fingerprint density at radius 2 is 1.89 bits per heavy atom. The number of aryl methyl sites for hydroxylation is 1. The van der Waals surface area contributed by atoms with Crippen molar-refractivity contribution in [3.8, 4) is 5.75 Å². The number of hydrogen-bond donors (Lipinski definition) is 4. The number of hydrogen-bond acceptors (Lipinski definition) is 8. The van der Waals surface area contributed by atoms with Crippen molar-refractivity contribution >= 4 is 11.9 Å². The summed E-state index contributed by atoms with van der Waals surface area (Å²) in [6.45, 7) is 8.15. The molecule has 8 nitrogen and oxygen atoms in total. The predicted molar refractivity (Wildman–Crippen MR) is 144 cm³/mol. The van der Waals surface area contributed by atoms with Gasteiger partial charge < -0.3 is 29.9 Å². The van der Waals surface area contributed by atoms with Crippen LogP contribution in [0.4, 0.5) is 0 Å². The molecule has 210 valence electrons. The minimum Gasteiger partial charge on any atom is -0.508 e. The van der Waals surface area contributed by atoms with Crippen molar-refractivity contribution in [2.24, 2.45) is 5.92 Å². The third kappa shape index (κ3) is 10.4. The van der Waals surface area contributed by atoms with E-state index >= 15 is 0 Å². The number of aliphatic hydroxyl groups is 3. The van der Waals surface area contributed by atoms with Crippen molar-refractivity contribution in [2.45, 2.75) is 96.2 Å². The Morgan fingerprint density at radius 3 is 2.53 bits per heavy atom. The minimum atomic E-state index is -1.43. The van der Waals surface area contributed by atoms with Gasteiger partial charge in [0.05, 0.1) is 18.1 Å². The molecular formula is C30H42O8. The Morgan fingerprint density at radius 1 is 1.24 bits per heavy atom. The van der Waals surface area contributed by atoms with E-state index in [1.165, 1.54) is 13.8 Å². The van der Waals surface area contributed by atoms with E-state index in [1.54, 1.807) is 56.4 Å². The first-order valence-electron chi connectivity index (χ1n) is 13.0. The molecule has 4 N–H and O–H groups in total. The fraction of sp³-hybridized carbons (Fsp3) is 0.533. The zero-order valence-corrected chi connectivity index (χ0v) is 23.0. The SMILES string of the molecule is CC(=O)O[C@@H]1/C=C\[C@H](C)[C@@H](/C(C)=C/C=C/C(C)(O)CCc2ccc(O)cc2)OC(=O)C[C@H](O)CC[C@@]1(C)O. The van der Waals surface area contributed by atoms with E-state index in [0.29, 0.717) is 18.4 Å². The normalized spacial score (nSPS) is 30.0. The molecule has 1 heterocycles. The number of phenols is 1. The Hall–Kier alpha value is -2.94. The molecule has 0 spiro atoms. The summed E-state index contributed by atoms with van der Waals surface area (Å²) in [6.07, 6.45) is 6.98. The first-order chi connectivity index (χ1) is 17.7. The monoisotopic (exact) mass is 530 g/mol. The van der Waals surface area contributed by atoms with E-state index in [0.717, 1.165) is 5.56 Å². The number of aromatic hydroxyl groups is 1. The zero-order valence-electron chi connectivity index (χ0n) is 23.0. The number of phenolic OH excluding ortho intramolecular Hbond substituents is 1. The maximum absolute atomic E-state index is 12.6. The molecule has 8 heteroatoms. The van der Waals surface area contributed by atoms with Crippen LogP contribution in [0.5, 0.6) is 5.75 Å². The molecule has 1 unspecified atom stereocenters. The molecule has 6 atom stereocenters. The van der Waals surface area contributed by atoms with Crippen LogP contribution < -0.4 is 0 Å². The van der Waals surface area contributed by atoms with Gasteiger partial charge in [-0.2, -0.15) is 0 Å².